The van der Waals surface area contributed by atoms with Gasteiger partial charge in [-0.2, -0.15) is 9.78 Å². The first-order valence-electron chi connectivity index (χ1n) is 13.6. The normalized spacial score (nSPS) is 15.9. The summed E-state index contributed by atoms with van der Waals surface area (Å²) in [5, 5.41) is 13.6. The van der Waals surface area contributed by atoms with Gasteiger partial charge in [0.25, 0.3) is 0 Å². The van der Waals surface area contributed by atoms with Gasteiger partial charge < -0.3 is 19.3 Å². The van der Waals surface area contributed by atoms with Crippen LogP contribution in [0.1, 0.15) is 39.9 Å². The second kappa shape index (κ2) is 11.5. The van der Waals surface area contributed by atoms with Crippen molar-refractivity contribution < 1.29 is 24.1 Å². The van der Waals surface area contributed by atoms with Crippen LogP contribution in [0, 0.1) is 0 Å². The first-order valence-corrected chi connectivity index (χ1v) is 13.6. The van der Waals surface area contributed by atoms with Crippen LogP contribution in [0.15, 0.2) is 66.9 Å². The first kappa shape index (κ1) is 26.0. The number of carboxylic acids is 1. The standard InChI is InChI=1S/C31H32N4O5/c1-38-30-26(31(36)37)18-32-35(30)29-8-4-6-27(33-29)25-5-2-3-7-28(25)40-20-21-9-10-23-19-34(14-11-22(23)17-21)24-12-15-39-16-13-24/h2-10,17-18,24H,11-16,19-20H2,1H3,(H,36,37). The highest BCUT2D eigenvalue weighted by molar-refractivity contribution is 5.90. The number of hydrogen-bond donors (Lipinski definition) is 1. The lowest BCUT2D eigenvalue weighted by Gasteiger charge is -2.37. The van der Waals surface area contributed by atoms with Crippen molar-refractivity contribution in [1.29, 1.82) is 0 Å². The van der Waals surface area contributed by atoms with E-state index >= 15 is 0 Å². The fourth-order valence-corrected chi connectivity index (χ4v) is 5.58. The first-order chi connectivity index (χ1) is 19.6. The maximum absolute atomic E-state index is 11.5. The minimum Gasteiger partial charge on any atom is -0.488 e. The third-order valence-electron chi connectivity index (χ3n) is 7.68. The molecular formula is C31H32N4O5. The van der Waals surface area contributed by atoms with Crippen LogP contribution in [0.4, 0.5) is 0 Å². The van der Waals surface area contributed by atoms with Crippen molar-refractivity contribution >= 4 is 5.97 Å². The summed E-state index contributed by atoms with van der Waals surface area (Å²) in [6.45, 7) is 4.27. The molecule has 0 unspecified atom stereocenters. The molecule has 2 aliphatic heterocycles. The lowest BCUT2D eigenvalue weighted by Crippen LogP contribution is -2.42. The van der Waals surface area contributed by atoms with E-state index in [2.05, 4.69) is 28.2 Å². The molecule has 9 nitrogen and oxygen atoms in total. The lowest BCUT2D eigenvalue weighted by molar-refractivity contribution is 0.0290. The summed E-state index contributed by atoms with van der Waals surface area (Å²) in [7, 11) is 1.41. The van der Waals surface area contributed by atoms with E-state index in [4.69, 9.17) is 19.2 Å². The van der Waals surface area contributed by atoms with Gasteiger partial charge in [-0.15, -0.1) is 0 Å². The monoisotopic (exact) mass is 540 g/mol. The number of carbonyl (C=O) groups is 1. The van der Waals surface area contributed by atoms with Crippen molar-refractivity contribution in [3.8, 4) is 28.7 Å². The molecule has 206 valence electrons. The Morgan fingerprint density at radius 2 is 1.93 bits per heavy atom. The molecule has 0 aliphatic carbocycles. The highest BCUT2D eigenvalue weighted by Gasteiger charge is 2.25. The Hall–Kier alpha value is -4.21. The molecule has 6 rings (SSSR count). The molecular weight excluding hydrogens is 508 g/mol. The number of hydrogen-bond acceptors (Lipinski definition) is 7. The van der Waals surface area contributed by atoms with E-state index in [0.29, 0.717) is 29.9 Å². The highest BCUT2D eigenvalue weighted by atomic mass is 16.5. The average molecular weight is 541 g/mol. The molecule has 1 fully saturated rings. The molecule has 1 N–H and O–H groups in total. The van der Waals surface area contributed by atoms with Gasteiger partial charge in [0.05, 0.1) is 19.0 Å². The number of rotatable bonds is 8. The molecule has 0 bridgehead atoms. The smallest absolute Gasteiger partial charge is 0.342 e. The summed E-state index contributed by atoms with van der Waals surface area (Å²) >= 11 is 0. The van der Waals surface area contributed by atoms with Gasteiger partial charge >= 0.3 is 5.97 Å². The molecule has 0 atom stereocenters. The van der Waals surface area contributed by atoms with Crippen LogP contribution >= 0.6 is 0 Å². The quantitative estimate of drug-likeness (QED) is 0.342. The zero-order valence-corrected chi connectivity index (χ0v) is 22.5. The number of carboxylic acid groups (broad SMARTS) is 1. The molecule has 2 aliphatic rings. The minimum atomic E-state index is -1.11. The lowest BCUT2D eigenvalue weighted by atomic mass is 9.95. The molecule has 40 heavy (non-hydrogen) atoms. The van der Waals surface area contributed by atoms with Crippen molar-refractivity contribution in [2.45, 2.75) is 38.5 Å². The van der Waals surface area contributed by atoms with Crippen LogP contribution in [0.2, 0.25) is 0 Å². The number of aromatic carboxylic acids is 1. The van der Waals surface area contributed by atoms with Crippen molar-refractivity contribution in [1.82, 2.24) is 19.7 Å². The van der Waals surface area contributed by atoms with Gasteiger partial charge in [-0.25, -0.2) is 9.78 Å². The predicted octanol–water partition coefficient (Wildman–Crippen LogP) is 4.76. The summed E-state index contributed by atoms with van der Waals surface area (Å²) in [6.07, 6.45) is 4.55. The molecule has 4 aromatic rings. The van der Waals surface area contributed by atoms with Gasteiger partial charge in [0, 0.05) is 37.9 Å². The summed E-state index contributed by atoms with van der Waals surface area (Å²) in [5.41, 5.74) is 5.43. The number of nitrogens with zero attached hydrogens (tertiary/aromatic N) is 4. The third-order valence-corrected chi connectivity index (χ3v) is 7.68. The number of benzene rings is 2. The molecule has 0 amide bonds. The van der Waals surface area contributed by atoms with E-state index in [-0.39, 0.29) is 11.4 Å². The molecule has 0 radical (unpaired) electrons. The van der Waals surface area contributed by atoms with Crippen molar-refractivity contribution in [3.05, 3.63) is 89.1 Å². The molecule has 2 aromatic carbocycles. The van der Waals surface area contributed by atoms with Crippen molar-refractivity contribution in [2.75, 3.05) is 26.9 Å². The topological polar surface area (TPSA) is 98.9 Å². The Balaban J connectivity index is 1.19. The summed E-state index contributed by atoms with van der Waals surface area (Å²) in [6, 6.07) is 20.6. The van der Waals surface area contributed by atoms with E-state index in [1.54, 1.807) is 6.07 Å². The number of para-hydroxylation sites is 1. The van der Waals surface area contributed by atoms with Gasteiger partial charge in [-0.1, -0.05) is 36.4 Å². The minimum absolute atomic E-state index is 0.0280. The van der Waals surface area contributed by atoms with Crippen molar-refractivity contribution in [2.24, 2.45) is 0 Å². The number of ether oxygens (including phenoxy) is 3. The summed E-state index contributed by atoms with van der Waals surface area (Å²) in [5.74, 6) is 0.164. The van der Waals surface area contributed by atoms with Crippen LogP contribution in [-0.4, -0.2) is 63.7 Å². The summed E-state index contributed by atoms with van der Waals surface area (Å²) < 4.78 is 18.6. The van der Waals surface area contributed by atoms with Crippen molar-refractivity contribution in [3.63, 3.8) is 0 Å². The third kappa shape index (κ3) is 5.30. The average Bonchev–Trinajstić information content (AvgIpc) is 3.45. The SMILES string of the molecule is COc1c(C(=O)O)cnn1-c1cccc(-c2ccccc2OCc2ccc3c(c2)CCN(C2CCOCC2)C3)n1. The van der Waals surface area contributed by atoms with Gasteiger partial charge in [-0.05, 0) is 60.2 Å². The zero-order chi connectivity index (χ0) is 27.5. The Morgan fingerprint density at radius 3 is 2.75 bits per heavy atom. The predicted molar refractivity (Wildman–Crippen MR) is 149 cm³/mol. The number of methoxy groups -OCH3 is 1. The molecule has 9 heteroatoms. The zero-order valence-electron chi connectivity index (χ0n) is 22.5. The molecule has 0 spiro atoms. The van der Waals surface area contributed by atoms with E-state index in [1.165, 1.54) is 29.1 Å². The van der Waals surface area contributed by atoms with E-state index in [0.717, 1.165) is 56.7 Å². The number of aromatic nitrogens is 3. The molecule has 1 saturated heterocycles. The summed E-state index contributed by atoms with van der Waals surface area (Å²) in [4.78, 5) is 18.9. The second-order valence-corrected chi connectivity index (χ2v) is 10.1. The number of fused-ring (bicyclic) bond motifs is 1. The Kier molecular flexibility index (Phi) is 7.48. The van der Waals surface area contributed by atoms with Crippen LogP contribution in [0.3, 0.4) is 0 Å². The fraction of sp³-hybridized carbons (Fsp3) is 0.323. The molecule has 0 saturated carbocycles. The van der Waals surface area contributed by atoms with Crippen LogP contribution in [0.5, 0.6) is 11.6 Å². The van der Waals surface area contributed by atoms with Crippen LogP contribution in [0.25, 0.3) is 17.1 Å². The molecule has 2 aromatic heterocycles. The second-order valence-electron chi connectivity index (χ2n) is 10.1. The van der Waals surface area contributed by atoms with Crippen LogP contribution < -0.4 is 9.47 Å². The maximum atomic E-state index is 11.5. The fourth-order valence-electron chi connectivity index (χ4n) is 5.58. The Bertz CT molecular complexity index is 1510. The largest absolute Gasteiger partial charge is 0.488 e. The van der Waals surface area contributed by atoms with Crippen LogP contribution in [-0.2, 0) is 24.3 Å². The van der Waals surface area contributed by atoms with E-state index in [1.807, 2.05) is 36.4 Å². The van der Waals surface area contributed by atoms with E-state index in [9.17, 15) is 9.90 Å². The maximum Gasteiger partial charge on any atom is 0.342 e. The van der Waals surface area contributed by atoms with Gasteiger partial charge in [0.15, 0.2) is 5.82 Å². The van der Waals surface area contributed by atoms with Gasteiger partial charge in [0.2, 0.25) is 5.88 Å². The van der Waals surface area contributed by atoms with E-state index < -0.39 is 5.97 Å². The van der Waals surface area contributed by atoms with Gasteiger partial charge in [0.1, 0.15) is 17.9 Å². The Labute approximate surface area is 232 Å². The van der Waals surface area contributed by atoms with Gasteiger partial charge in [-0.3, -0.25) is 4.90 Å². The Morgan fingerprint density at radius 1 is 1.07 bits per heavy atom. The molecule has 4 heterocycles. The highest BCUT2D eigenvalue weighted by Crippen LogP contribution is 2.31. The number of pyridine rings is 1.